The van der Waals surface area contributed by atoms with E-state index in [1.807, 2.05) is 30.3 Å². The molecule has 4 rings (SSSR count). The van der Waals surface area contributed by atoms with E-state index >= 15 is 0 Å². The summed E-state index contributed by atoms with van der Waals surface area (Å²) in [5, 5.41) is 22.2. The van der Waals surface area contributed by atoms with Gasteiger partial charge < -0.3 is 15.2 Å². The van der Waals surface area contributed by atoms with Crippen molar-refractivity contribution in [2.75, 3.05) is 0 Å². The smallest absolute Gasteiger partial charge is 0.123 e. The molecular weight excluding hydrogens is 298 g/mol. The number of hydrogen-bond donors (Lipinski definition) is 3. The van der Waals surface area contributed by atoms with Crippen LogP contribution in [0.5, 0.6) is 11.5 Å². The first-order chi connectivity index (χ1) is 11.6. The number of para-hydroxylation sites is 1. The van der Waals surface area contributed by atoms with Crippen LogP contribution >= 0.6 is 0 Å². The van der Waals surface area contributed by atoms with Crippen LogP contribution < -0.4 is 0 Å². The third kappa shape index (κ3) is 2.56. The minimum absolute atomic E-state index is 0.0931. The number of phenolic OH excluding ortho intramolecular Hbond substituents is 2. The van der Waals surface area contributed by atoms with Crippen molar-refractivity contribution in [3.05, 3.63) is 59.7 Å². The molecule has 0 bridgehead atoms. The van der Waals surface area contributed by atoms with Crippen molar-refractivity contribution in [1.82, 2.24) is 4.98 Å². The largest absolute Gasteiger partial charge is 0.507 e. The third-order valence-corrected chi connectivity index (χ3v) is 4.92. The highest BCUT2D eigenvalue weighted by atomic mass is 16.3. The Morgan fingerprint density at radius 1 is 1.04 bits per heavy atom. The predicted molar refractivity (Wildman–Crippen MR) is 97.4 cm³/mol. The quantitative estimate of drug-likeness (QED) is 0.549. The first kappa shape index (κ1) is 14.9. The number of hydrogen-bond acceptors (Lipinski definition) is 2. The fraction of sp³-hybridized carbons (Fsp3) is 0.238. The predicted octanol–water partition coefficient (Wildman–Crippen LogP) is 5.46. The van der Waals surface area contributed by atoms with Crippen LogP contribution in [-0.4, -0.2) is 15.2 Å². The Labute approximate surface area is 141 Å². The van der Waals surface area contributed by atoms with Crippen LogP contribution in [0, 0.1) is 0 Å². The second-order valence-electron chi connectivity index (χ2n) is 6.71. The van der Waals surface area contributed by atoms with Gasteiger partial charge in [-0.2, -0.15) is 0 Å². The van der Waals surface area contributed by atoms with Gasteiger partial charge in [-0.05, 0) is 50.5 Å². The van der Waals surface area contributed by atoms with Crippen LogP contribution in [0.1, 0.15) is 37.7 Å². The Morgan fingerprint density at radius 3 is 2.50 bits per heavy atom. The number of allylic oxidation sites excluding steroid dienone is 2. The molecule has 3 nitrogen and oxygen atoms in total. The molecule has 3 N–H and O–H groups in total. The van der Waals surface area contributed by atoms with Crippen molar-refractivity contribution in [1.29, 1.82) is 0 Å². The maximum absolute atomic E-state index is 10.5. The van der Waals surface area contributed by atoms with Crippen molar-refractivity contribution in [2.24, 2.45) is 0 Å². The van der Waals surface area contributed by atoms with E-state index in [0.717, 1.165) is 41.4 Å². The molecule has 1 heterocycles. The molecule has 1 aliphatic carbocycles. The van der Waals surface area contributed by atoms with E-state index in [0.29, 0.717) is 5.56 Å². The summed E-state index contributed by atoms with van der Waals surface area (Å²) in [6.07, 6.45) is 5.33. The lowest BCUT2D eigenvalue weighted by molar-refractivity contribution is 0.429. The number of H-pyrrole nitrogens is 1. The summed E-state index contributed by atoms with van der Waals surface area (Å²) < 4.78 is 0. The van der Waals surface area contributed by atoms with E-state index in [-0.39, 0.29) is 17.4 Å². The van der Waals surface area contributed by atoms with Gasteiger partial charge >= 0.3 is 0 Å². The summed E-state index contributed by atoms with van der Waals surface area (Å²) in [4.78, 5) is 3.34. The molecule has 1 unspecified atom stereocenters. The molecule has 1 aromatic heterocycles. The second-order valence-corrected chi connectivity index (χ2v) is 6.71. The van der Waals surface area contributed by atoms with Crippen LogP contribution in [0.4, 0.5) is 0 Å². The molecule has 0 aliphatic heterocycles. The summed E-state index contributed by atoms with van der Waals surface area (Å²) in [5.74, 6) is 0.426. The van der Waals surface area contributed by atoms with Gasteiger partial charge in [-0.1, -0.05) is 29.8 Å². The summed E-state index contributed by atoms with van der Waals surface area (Å²) in [5.41, 5.74) is 4.70. The minimum Gasteiger partial charge on any atom is -0.507 e. The monoisotopic (exact) mass is 319 g/mol. The van der Waals surface area contributed by atoms with Gasteiger partial charge in [0.15, 0.2) is 0 Å². The molecule has 1 aliphatic rings. The van der Waals surface area contributed by atoms with Gasteiger partial charge in [-0.25, -0.2) is 0 Å². The van der Waals surface area contributed by atoms with Gasteiger partial charge in [0.05, 0.1) is 0 Å². The standard InChI is InChI=1S/C21H21NO2/c1-13-5-4-7-15(9-13)21-19(23)11-16(12-20(21)24)18-10-14-6-2-3-8-17(14)22-18/h2-3,6,8-12,15,22-24H,4-5,7H2,1H3. The van der Waals surface area contributed by atoms with Crippen molar-refractivity contribution in [3.8, 4) is 22.8 Å². The number of rotatable bonds is 2. The summed E-state index contributed by atoms with van der Waals surface area (Å²) >= 11 is 0. The van der Waals surface area contributed by atoms with Crippen LogP contribution in [0.2, 0.25) is 0 Å². The zero-order chi connectivity index (χ0) is 16.7. The normalized spacial score (nSPS) is 17.9. The Bertz CT molecular complexity index is 880. The molecule has 3 heteroatoms. The van der Waals surface area contributed by atoms with Crippen molar-refractivity contribution in [2.45, 2.75) is 32.1 Å². The highest BCUT2D eigenvalue weighted by Crippen LogP contribution is 2.43. The maximum atomic E-state index is 10.5. The number of phenols is 2. The Kier molecular flexibility index (Phi) is 3.57. The second kappa shape index (κ2) is 5.75. The molecule has 24 heavy (non-hydrogen) atoms. The maximum Gasteiger partial charge on any atom is 0.123 e. The van der Waals surface area contributed by atoms with E-state index in [2.05, 4.69) is 18.0 Å². The Balaban J connectivity index is 1.78. The topological polar surface area (TPSA) is 56.2 Å². The molecule has 1 atom stereocenters. The number of nitrogens with one attached hydrogen (secondary N) is 1. The van der Waals surface area contributed by atoms with Gasteiger partial charge in [0.2, 0.25) is 0 Å². The van der Waals surface area contributed by atoms with E-state index < -0.39 is 0 Å². The molecule has 0 saturated carbocycles. The van der Waals surface area contributed by atoms with E-state index in [1.165, 1.54) is 5.57 Å². The fourth-order valence-electron chi connectivity index (χ4n) is 3.73. The third-order valence-electron chi connectivity index (χ3n) is 4.92. The molecule has 0 amide bonds. The highest BCUT2D eigenvalue weighted by molar-refractivity contribution is 5.86. The van der Waals surface area contributed by atoms with Gasteiger partial charge in [0, 0.05) is 33.6 Å². The van der Waals surface area contributed by atoms with Crippen LogP contribution in [0.15, 0.2) is 54.1 Å². The van der Waals surface area contributed by atoms with Gasteiger partial charge in [0.25, 0.3) is 0 Å². The Hall–Kier alpha value is -2.68. The summed E-state index contributed by atoms with van der Waals surface area (Å²) in [6, 6.07) is 13.6. The molecule has 0 fully saturated rings. The number of benzene rings is 2. The van der Waals surface area contributed by atoms with Gasteiger partial charge in [0.1, 0.15) is 11.5 Å². The summed E-state index contributed by atoms with van der Waals surface area (Å²) in [7, 11) is 0. The molecule has 2 aromatic carbocycles. The van der Waals surface area contributed by atoms with Crippen LogP contribution in [0.3, 0.4) is 0 Å². The van der Waals surface area contributed by atoms with E-state index in [1.54, 1.807) is 12.1 Å². The average molecular weight is 319 g/mol. The zero-order valence-corrected chi connectivity index (χ0v) is 13.7. The lowest BCUT2D eigenvalue weighted by Crippen LogP contribution is -2.03. The van der Waals surface area contributed by atoms with Crippen molar-refractivity contribution < 1.29 is 10.2 Å². The zero-order valence-electron chi connectivity index (χ0n) is 13.7. The van der Waals surface area contributed by atoms with Crippen molar-refractivity contribution in [3.63, 3.8) is 0 Å². The highest BCUT2D eigenvalue weighted by Gasteiger charge is 2.21. The number of aromatic amines is 1. The van der Waals surface area contributed by atoms with Gasteiger partial charge in [-0.3, -0.25) is 0 Å². The lowest BCUT2D eigenvalue weighted by atomic mass is 9.84. The van der Waals surface area contributed by atoms with E-state index in [4.69, 9.17) is 0 Å². The SMILES string of the molecule is CC1=CC(c2c(O)cc(-c3cc4ccccc4[nH]3)cc2O)CCC1. The molecule has 0 saturated heterocycles. The lowest BCUT2D eigenvalue weighted by Gasteiger charge is -2.22. The average Bonchev–Trinajstić information content (AvgIpc) is 2.98. The van der Waals surface area contributed by atoms with E-state index in [9.17, 15) is 10.2 Å². The molecule has 3 aromatic rings. The molecule has 0 spiro atoms. The molecular formula is C21H21NO2. The Morgan fingerprint density at radius 2 is 1.79 bits per heavy atom. The minimum atomic E-state index is 0.0931. The number of fused-ring (bicyclic) bond motifs is 1. The fourth-order valence-corrected chi connectivity index (χ4v) is 3.73. The molecule has 122 valence electrons. The summed E-state index contributed by atoms with van der Waals surface area (Å²) in [6.45, 7) is 2.11. The number of aromatic nitrogens is 1. The first-order valence-corrected chi connectivity index (χ1v) is 8.43. The van der Waals surface area contributed by atoms with Crippen LogP contribution in [0.25, 0.3) is 22.2 Å². The van der Waals surface area contributed by atoms with Crippen LogP contribution in [-0.2, 0) is 0 Å². The molecule has 0 radical (unpaired) electrons. The van der Waals surface area contributed by atoms with Gasteiger partial charge in [-0.15, -0.1) is 0 Å². The first-order valence-electron chi connectivity index (χ1n) is 8.43. The number of aromatic hydroxyl groups is 2. The van der Waals surface area contributed by atoms with Crippen molar-refractivity contribution >= 4 is 10.9 Å².